The van der Waals surface area contributed by atoms with Crippen LogP contribution in [0.3, 0.4) is 0 Å². The molecule has 2 aliphatic carbocycles. The van der Waals surface area contributed by atoms with E-state index in [1.165, 1.54) is 55.1 Å². The van der Waals surface area contributed by atoms with E-state index in [0.29, 0.717) is 11.2 Å². The molecule has 0 aromatic heterocycles. The van der Waals surface area contributed by atoms with Gasteiger partial charge in [-0.05, 0) is 75.4 Å². The Balaban J connectivity index is 0.970. The third-order valence-electron chi connectivity index (χ3n) is 11.6. The molecule has 0 radical (unpaired) electrons. The molecule has 2 heterocycles. The monoisotopic (exact) mass is 723 g/mol. The molecule has 0 N–H and O–H groups in total. The molecular weight excluding hydrogens is 687 g/mol. The number of nitrogens with zero attached hydrogens (tertiary/aromatic N) is 1. The highest BCUT2D eigenvalue weighted by molar-refractivity contribution is 8.00. The number of anilines is 3. The molecule has 4 atom stereocenters. The van der Waals surface area contributed by atoms with Crippen molar-refractivity contribution in [2.45, 2.75) is 28.1 Å². The second-order valence-corrected chi connectivity index (χ2v) is 15.9. The van der Waals surface area contributed by atoms with E-state index >= 15 is 0 Å². The first kappa shape index (κ1) is 32.2. The average molecular weight is 724 g/mol. The van der Waals surface area contributed by atoms with Crippen molar-refractivity contribution in [2.24, 2.45) is 0 Å². The van der Waals surface area contributed by atoms with Gasteiger partial charge < -0.3 is 9.64 Å². The molecular formula is C52H37NOS. The normalized spacial score (nSPS) is 19.7. The molecule has 4 unspecified atom stereocenters. The number of benzene rings is 7. The summed E-state index contributed by atoms with van der Waals surface area (Å²) in [5.74, 6) is 1.50. The molecule has 0 spiro atoms. The Morgan fingerprint density at radius 3 is 2.00 bits per heavy atom. The van der Waals surface area contributed by atoms with E-state index in [0.717, 1.165) is 28.3 Å². The van der Waals surface area contributed by atoms with Gasteiger partial charge in [-0.2, -0.15) is 0 Å². The van der Waals surface area contributed by atoms with Crippen LogP contribution in [0, 0.1) is 0 Å². The lowest BCUT2D eigenvalue weighted by Crippen LogP contribution is -2.15. The summed E-state index contributed by atoms with van der Waals surface area (Å²) in [6.45, 7) is 0. The number of para-hydroxylation sites is 2. The summed E-state index contributed by atoms with van der Waals surface area (Å²) in [7, 11) is 0. The van der Waals surface area contributed by atoms with Crippen LogP contribution in [0.1, 0.15) is 45.8 Å². The highest BCUT2D eigenvalue weighted by Gasteiger charge is 2.40. The molecule has 7 aromatic carbocycles. The van der Waals surface area contributed by atoms with Crippen LogP contribution in [0.15, 0.2) is 205 Å². The number of hydrogen-bond donors (Lipinski definition) is 0. The predicted octanol–water partition coefficient (Wildman–Crippen LogP) is 13.8. The lowest BCUT2D eigenvalue weighted by Gasteiger charge is -2.28. The Kier molecular flexibility index (Phi) is 7.74. The van der Waals surface area contributed by atoms with Crippen LogP contribution in [0.5, 0.6) is 5.75 Å². The summed E-state index contributed by atoms with van der Waals surface area (Å²) in [6.07, 6.45) is 11.4. The summed E-state index contributed by atoms with van der Waals surface area (Å²) in [4.78, 5) is 3.77. The van der Waals surface area contributed by atoms with Crippen molar-refractivity contribution in [3.63, 3.8) is 0 Å². The van der Waals surface area contributed by atoms with Crippen LogP contribution in [0.4, 0.5) is 17.1 Å². The SMILES string of the molecule is C1=CC2Sc3c(cccc3N(c3ccccc3)c3ccc(-c4cccc5c4OC4c6ccccc6C(c6cccc(-c7ccccc7)c6)=CC54)cc3)C2C=C1. The molecule has 0 saturated heterocycles. The Bertz CT molecular complexity index is 2680. The highest BCUT2D eigenvalue weighted by atomic mass is 32.2. The molecule has 3 heteroatoms. The second-order valence-electron chi connectivity index (χ2n) is 14.7. The second kappa shape index (κ2) is 13.2. The van der Waals surface area contributed by atoms with Gasteiger partial charge in [-0.3, -0.25) is 0 Å². The minimum absolute atomic E-state index is 0.0766. The van der Waals surface area contributed by atoms with Crippen molar-refractivity contribution < 1.29 is 4.74 Å². The van der Waals surface area contributed by atoms with Crippen LogP contribution >= 0.6 is 11.8 Å². The molecule has 2 aliphatic heterocycles. The minimum Gasteiger partial charge on any atom is -0.484 e. The van der Waals surface area contributed by atoms with Crippen LogP contribution in [0.25, 0.3) is 27.8 Å². The predicted molar refractivity (Wildman–Crippen MR) is 229 cm³/mol. The number of thioether (sulfide) groups is 1. The van der Waals surface area contributed by atoms with Gasteiger partial charge in [0, 0.05) is 50.0 Å². The fourth-order valence-electron chi connectivity index (χ4n) is 9.00. The van der Waals surface area contributed by atoms with E-state index in [1.807, 2.05) is 11.8 Å². The van der Waals surface area contributed by atoms with Gasteiger partial charge in [-0.15, -0.1) is 11.8 Å². The molecule has 262 valence electrons. The topological polar surface area (TPSA) is 12.5 Å². The average Bonchev–Trinajstić information content (AvgIpc) is 3.84. The summed E-state index contributed by atoms with van der Waals surface area (Å²) in [5, 5.41) is 0.433. The Morgan fingerprint density at radius 1 is 0.473 bits per heavy atom. The molecule has 11 rings (SSSR count). The van der Waals surface area contributed by atoms with Crippen molar-refractivity contribution in [2.75, 3.05) is 4.90 Å². The van der Waals surface area contributed by atoms with E-state index < -0.39 is 0 Å². The molecule has 0 saturated carbocycles. The summed E-state index contributed by atoms with van der Waals surface area (Å²) in [6, 6.07) is 61.6. The molecule has 55 heavy (non-hydrogen) atoms. The first-order chi connectivity index (χ1) is 27.3. The van der Waals surface area contributed by atoms with Gasteiger partial charge in [-0.25, -0.2) is 0 Å². The van der Waals surface area contributed by atoms with Gasteiger partial charge in [0.05, 0.1) is 5.69 Å². The Hall–Kier alpha value is -6.29. The van der Waals surface area contributed by atoms with Crippen molar-refractivity contribution in [3.05, 3.63) is 228 Å². The molecule has 0 fully saturated rings. The third kappa shape index (κ3) is 5.41. The Morgan fingerprint density at radius 2 is 1.13 bits per heavy atom. The smallest absolute Gasteiger partial charge is 0.135 e. The van der Waals surface area contributed by atoms with Gasteiger partial charge in [-0.1, -0.05) is 164 Å². The fraction of sp³-hybridized carbons (Fsp3) is 0.0769. The fourth-order valence-corrected chi connectivity index (χ4v) is 10.4. The van der Waals surface area contributed by atoms with Gasteiger partial charge in [0.25, 0.3) is 0 Å². The summed E-state index contributed by atoms with van der Waals surface area (Å²) < 4.78 is 7.04. The zero-order chi connectivity index (χ0) is 36.3. The molecule has 4 aliphatic rings. The summed E-state index contributed by atoms with van der Waals surface area (Å²) >= 11 is 1.98. The number of allylic oxidation sites excluding steroid dienone is 3. The van der Waals surface area contributed by atoms with Gasteiger partial charge in [0.1, 0.15) is 11.9 Å². The number of fused-ring (bicyclic) bond motifs is 8. The quantitative estimate of drug-likeness (QED) is 0.169. The minimum atomic E-state index is -0.0766. The van der Waals surface area contributed by atoms with Crippen molar-refractivity contribution >= 4 is 34.4 Å². The van der Waals surface area contributed by atoms with Crippen molar-refractivity contribution in [1.82, 2.24) is 0 Å². The zero-order valence-corrected chi connectivity index (χ0v) is 30.9. The van der Waals surface area contributed by atoms with Gasteiger partial charge in [0.15, 0.2) is 0 Å². The standard InChI is InChI=1S/C52H37NOS/c1-3-14-34(15-4-1)36-16-11-17-37(32-36)46-33-47-44-24-12-23-40(50(44)54-51(47)43-22-8-7-20-41(43)46)35-28-30-39(31-29-35)53(38-18-5-2-6-19-38)48-26-13-25-45-42-21-9-10-27-49(42)55-52(45)48/h1-33,42,47,49,51H. The van der Waals surface area contributed by atoms with Gasteiger partial charge in [0.2, 0.25) is 0 Å². The van der Waals surface area contributed by atoms with E-state index in [4.69, 9.17) is 4.74 Å². The number of rotatable bonds is 6. The van der Waals surface area contributed by atoms with Crippen molar-refractivity contribution in [3.8, 4) is 28.0 Å². The lowest BCUT2D eigenvalue weighted by atomic mass is 9.78. The van der Waals surface area contributed by atoms with Crippen LogP contribution in [-0.2, 0) is 0 Å². The maximum absolute atomic E-state index is 7.04. The maximum atomic E-state index is 7.04. The van der Waals surface area contributed by atoms with E-state index in [1.54, 1.807) is 0 Å². The van der Waals surface area contributed by atoms with Crippen LogP contribution in [-0.4, -0.2) is 5.25 Å². The summed E-state index contributed by atoms with van der Waals surface area (Å²) in [5.41, 5.74) is 15.8. The van der Waals surface area contributed by atoms with Crippen LogP contribution in [0.2, 0.25) is 0 Å². The van der Waals surface area contributed by atoms with E-state index in [9.17, 15) is 0 Å². The molecule has 2 nitrogen and oxygen atoms in total. The highest BCUT2D eigenvalue weighted by Crippen LogP contribution is 2.56. The molecule has 7 aromatic rings. The zero-order valence-electron chi connectivity index (χ0n) is 30.1. The van der Waals surface area contributed by atoms with Crippen LogP contribution < -0.4 is 9.64 Å². The molecule has 0 amide bonds. The lowest BCUT2D eigenvalue weighted by molar-refractivity contribution is 0.224. The van der Waals surface area contributed by atoms with E-state index in [-0.39, 0.29) is 12.0 Å². The first-order valence-corrected chi connectivity index (χ1v) is 20.0. The Labute approximate surface area is 326 Å². The maximum Gasteiger partial charge on any atom is 0.135 e. The molecule has 0 bridgehead atoms. The first-order valence-electron chi connectivity index (χ1n) is 19.2. The van der Waals surface area contributed by atoms with E-state index in [2.05, 4.69) is 205 Å². The van der Waals surface area contributed by atoms with Gasteiger partial charge >= 0.3 is 0 Å². The number of ether oxygens (including phenoxy) is 1. The van der Waals surface area contributed by atoms with Crippen molar-refractivity contribution in [1.29, 1.82) is 0 Å². The third-order valence-corrected chi connectivity index (χ3v) is 13.0. The number of hydrogen-bond acceptors (Lipinski definition) is 3. The largest absolute Gasteiger partial charge is 0.484 e.